The lowest BCUT2D eigenvalue weighted by atomic mass is 9.98. The molecule has 1 aromatic heterocycles. The molecule has 0 fully saturated rings. The van der Waals surface area contributed by atoms with Crippen LogP contribution in [0.2, 0.25) is 0 Å². The van der Waals surface area contributed by atoms with Crippen molar-refractivity contribution in [1.29, 1.82) is 0 Å². The summed E-state index contributed by atoms with van der Waals surface area (Å²) >= 11 is 0. The summed E-state index contributed by atoms with van der Waals surface area (Å²) in [5.74, 6) is 0.719. The lowest BCUT2D eigenvalue weighted by Gasteiger charge is -2.12. The number of hydrogen-bond donors (Lipinski definition) is 2. The van der Waals surface area contributed by atoms with E-state index in [4.69, 9.17) is 5.73 Å². The molecule has 2 aromatic rings. The van der Waals surface area contributed by atoms with Crippen LogP contribution in [0.4, 0.5) is 0 Å². The number of para-hydroxylation sites is 1. The number of aromatic amines is 1. The average molecular weight is 253 g/mol. The zero-order valence-corrected chi connectivity index (χ0v) is 11.3. The highest BCUT2D eigenvalue weighted by molar-refractivity contribution is 5.85. The molecular formula is C14H21ClN2. The van der Waals surface area contributed by atoms with Crippen LogP contribution in [0, 0.1) is 5.92 Å². The van der Waals surface area contributed by atoms with Gasteiger partial charge in [-0.15, -0.1) is 12.4 Å². The summed E-state index contributed by atoms with van der Waals surface area (Å²) in [6, 6.07) is 8.49. The second kappa shape index (κ2) is 6.08. The van der Waals surface area contributed by atoms with Gasteiger partial charge in [0.05, 0.1) is 0 Å². The molecule has 0 saturated heterocycles. The summed E-state index contributed by atoms with van der Waals surface area (Å²) in [7, 11) is 0. The van der Waals surface area contributed by atoms with Crippen molar-refractivity contribution in [3.63, 3.8) is 0 Å². The van der Waals surface area contributed by atoms with Crippen LogP contribution in [-0.4, -0.2) is 4.98 Å². The number of hydrogen-bond acceptors (Lipinski definition) is 1. The van der Waals surface area contributed by atoms with Gasteiger partial charge in [0, 0.05) is 23.1 Å². The van der Waals surface area contributed by atoms with Crippen LogP contribution in [0.3, 0.4) is 0 Å². The van der Waals surface area contributed by atoms with E-state index in [1.165, 1.54) is 22.9 Å². The van der Waals surface area contributed by atoms with E-state index < -0.39 is 0 Å². The highest BCUT2D eigenvalue weighted by atomic mass is 35.5. The minimum atomic E-state index is 0. The first-order valence-electron chi connectivity index (χ1n) is 6.00. The maximum atomic E-state index is 6.23. The van der Waals surface area contributed by atoms with Crippen LogP contribution in [0.25, 0.3) is 10.9 Å². The molecule has 0 aliphatic rings. The van der Waals surface area contributed by atoms with E-state index in [0.717, 1.165) is 12.3 Å². The molecule has 2 rings (SSSR count). The van der Waals surface area contributed by atoms with E-state index in [9.17, 15) is 0 Å². The van der Waals surface area contributed by atoms with Crippen LogP contribution >= 0.6 is 12.4 Å². The first kappa shape index (κ1) is 14.1. The zero-order valence-electron chi connectivity index (χ0n) is 10.4. The van der Waals surface area contributed by atoms with E-state index in [-0.39, 0.29) is 18.4 Å². The fourth-order valence-corrected chi connectivity index (χ4v) is 2.07. The second-order valence-corrected chi connectivity index (χ2v) is 4.87. The van der Waals surface area contributed by atoms with Gasteiger partial charge in [0.2, 0.25) is 0 Å². The minimum Gasteiger partial charge on any atom is -0.361 e. The molecule has 1 aromatic carbocycles. The van der Waals surface area contributed by atoms with Crippen molar-refractivity contribution in [3.05, 3.63) is 36.0 Å². The van der Waals surface area contributed by atoms with Crippen LogP contribution in [-0.2, 0) is 0 Å². The summed E-state index contributed by atoms with van der Waals surface area (Å²) in [5, 5.41) is 1.26. The molecule has 3 N–H and O–H groups in total. The molecule has 3 heteroatoms. The lowest BCUT2D eigenvalue weighted by molar-refractivity contribution is 0.508. The Morgan fingerprint density at radius 3 is 2.59 bits per heavy atom. The van der Waals surface area contributed by atoms with Gasteiger partial charge in [-0.2, -0.15) is 0 Å². The maximum absolute atomic E-state index is 6.23. The molecule has 0 spiro atoms. The summed E-state index contributed by atoms with van der Waals surface area (Å²) in [6.45, 7) is 4.48. The largest absolute Gasteiger partial charge is 0.361 e. The van der Waals surface area contributed by atoms with Crippen LogP contribution in [0.5, 0.6) is 0 Å². The summed E-state index contributed by atoms with van der Waals surface area (Å²) in [4.78, 5) is 3.28. The molecular weight excluding hydrogens is 232 g/mol. The van der Waals surface area contributed by atoms with Gasteiger partial charge in [-0.25, -0.2) is 0 Å². The predicted octanol–water partition coefficient (Wildman–Crippen LogP) is 4.03. The Labute approximate surface area is 109 Å². The molecule has 94 valence electrons. The quantitative estimate of drug-likeness (QED) is 0.848. The SMILES string of the molecule is CC(C)CC[C@@H](N)c1c[nH]c2ccccc12.Cl. The average Bonchev–Trinajstić information content (AvgIpc) is 2.69. The number of H-pyrrole nitrogens is 1. The molecule has 0 aliphatic carbocycles. The molecule has 1 heterocycles. The van der Waals surface area contributed by atoms with Gasteiger partial charge in [0.1, 0.15) is 0 Å². The Balaban J connectivity index is 0.00000144. The summed E-state index contributed by atoms with van der Waals surface area (Å²) in [6.07, 6.45) is 4.29. The first-order chi connectivity index (χ1) is 7.68. The molecule has 0 bridgehead atoms. The van der Waals surface area contributed by atoms with Gasteiger partial charge in [-0.3, -0.25) is 0 Å². The molecule has 2 nitrogen and oxygen atoms in total. The van der Waals surface area contributed by atoms with Gasteiger partial charge in [0.25, 0.3) is 0 Å². The Hall–Kier alpha value is -0.990. The normalized spacial score (nSPS) is 12.7. The van der Waals surface area contributed by atoms with Crippen molar-refractivity contribution in [2.75, 3.05) is 0 Å². The lowest BCUT2D eigenvalue weighted by Crippen LogP contribution is -2.10. The Bertz CT molecular complexity index is 462. The molecule has 0 saturated carbocycles. The molecule has 0 radical (unpaired) electrons. The van der Waals surface area contributed by atoms with Crippen molar-refractivity contribution in [1.82, 2.24) is 4.98 Å². The van der Waals surface area contributed by atoms with E-state index in [1.54, 1.807) is 0 Å². The summed E-state index contributed by atoms with van der Waals surface area (Å²) < 4.78 is 0. The van der Waals surface area contributed by atoms with Gasteiger partial charge < -0.3 is 10.7 Å². The van der Waals surface area contributed by atoms with Crippen molar-refractivity contribution in [2.24, 2.45) is 11.7 Å². The van der Waals surface area contributed by atoms with Crippen molar-refractivity contribution in [3.8, 4) is 0 Å². The highest BCUT2D eigenvalue weighted by Crippen LogP contribution is 2.26. The fraction of sp³-hybridized carbons (Fsp3) is 0.429. The van der Waals surface area contributed by atoms with Crippen LogP contribution in [0.15, 0.2) is 30.5 Å². The highest BCUT2D eigenvalue weighted by Gasteiger charge is 2.11. The third-order valence-corrected chi connectivity index (χ3v) is 3.08. The van der Waals surface area contributed by atoms with E-state index >= 15 is 0 Å². The first-order valence-corrected chi connectivity index (χ1v) is 6.00. The molecule has 0 aliphatic heterocycles. The molecule has 0 amide bonds. The topological polar surface area (TPSA) is 41.8 Å². The summed E-state index contributed by atoms with van der Waals surface area (Å²) in [5.41, 5.74) is 8.66. The van der Waals surface area contributed by atoms with Gasteiger partial charge in [-0.05, 0) is 30.4 Å². The fourth-order valence-electron chi connectivity index (χ4n) is 2.07. The minimum absolute atomic E-state index is 0. The third kappa shape index (κ3) is 3.24. The second-order valence-electron chi connectivity index (χ2n) is 4.87. The third-order valence-electron chi connectivity index (χ3n) is 3.08. The van der Waals surface area contributed by atoms with E-state index in [0.29, 0.717) is 0 Å². The van der Waals surface area contributed by atoms with Crippen LogP contribution < -0.4 is 5.73 Å². The monoisotopic (exact) mass is 252 g/mol. The number of nitrogens with one attached hydrogen (secondary N) is 1. The number of benzene rings is 1. The number of nitrogens with two attached hydrogens (primary N) is 1. The Kier molecular flexibility index (Phi) is 5.03. The van der Waals surface area contributed by atoms with Crippen molar-refractivity contribution in [2.45, 2.75) is 32.7 Å². The van der Waals surface area contributed by atoms with Crippen LogP contribution in [0.1, 0.15) is 38.3 Å². The Morgan fingerprint density at radius 1 is 1.18 bits per heavy atom. The van der Waals surface area contributed by atoms with Gasteiger partial charge in [-0.1, -0.05) is 32.0 Å². The van der Waals surface area contributed by atoms with Gasteiger partial charge in [0.15, 0.2) is 0 Å². The van der Waals surface area contributed by atoms with Crippen molar-refractivity contribution >= 4 is 23.3 Å². The predicted molar refractivity (Wildman–Crippen MR) is 76.5 cm³/mol. The molecule has 1 atom stereocenters. The standard InChI is InChI=1S/C14H20N2.ClH/c1-10(2)7-8-13(15)12-9-16-14-6-4-3-5-11(12)14;/h3-6,9-10,13,16H,7-8,15H2,1-2H3;1H/t13-;/m1./s1. The zero-order chi connectivity index (χ0) is 11.5. The number of halogens is 1. The van der Waals surface area contributed by atoms with E-state index in [2.05, 4.69) is 43.2 Å². The molecule has 17 heavy (non-hydrogen) atoms. The maximum Gasteiger partial charge on any atom is 0.0457 e. The van der Waals surface area contributed by atoms with E-state index in [1.807, 2.05) is 6.07 Å². The number of rotatable bonds is 4. The number of fused-ring (bicyclic) bond motifs is 1. The molecule has 0 unspecified atom stereocenters. The number of aromatic nitrogens is 1. The smallest absolute Gasteiger partial charge is 0.0457 e. The van der Waals surface area contributed by atoms with Gasteiger partial charge >= 0.3 is 0 Å². The van der Waals surface area contributed by atoms with Crippen molar-refractivity contribution < 1.29 is 0 Å². The Morgan fingerprint density at radius 2 is 1.88 bits per heavy atom.